The molecule has 9 heteroatoms. The van der Waals surface area contributed by atoms with Gasteiger partial charge >= 0.3 is 5.97 Å². The van der Waals surface area contributed by atoms with Crippen molar-refractivity contribution in [2.24, 2.45) is 10.2 Å². The molecule has 1 aromatic heterocycles. The van der Waals surface area contributed by atoms with Crippen molar-refractivity contribution < 1.29 is 19.4 Å². The minimum Gasteiger partial charge on any atom is -0.505 e. The van der Waals surface area contributed by atoms with Gasteiger partial charge in [-0.05, 0) is 35.7 Å². The molecule has 0 saturated carbocycles. The summed E-state index contributed by atoms with van der Waals surface area (Å²) in [5, 5.41) is 28.1. The number of fused-ring (bicyclic) bond motifs is 1. The van der Waals surface area contributed by atoms with Crippen LogP contribution in [0.1, 0.15) is 20.7 Å². The molecule has 0 atom stereocenters. The van der Waals surface area contributed by atoms with Crippen LogP contribution in [0.15, 0.2) is 107 Å². The number of benzene rings is 4. The number of hydrogen-bond acceptors (Lipinski definition) is 7. The number of rotatable bonds is 6. The highest BCUT2D eigenvalue weighted by Gasteiger charge is 2.21. The van der Waals surface area contributed by atoms with Crippen LogP contribution < -0.4 is 5.32 Å². The summed E-state index contributed by atoms with van der Waals surface area (Å²) in [5.74, 6) is -1.38. The van der Waals surface area contributed by atoms with Gasteiger partial charge in [0.05, 0.1) is 24.6 Å². The number of nitrogens with one attached hydrogen (secondary N) is 1. The van der Waals surface area contributed by atoms with Crippen molar-refractivity contribution in [1.82, 2.24) is 9.78 Å². The number of amides is 1. The van der Waals surface area contributed by atoms with Crippen LogP contribution in [0, 0.1) is 0 Å². The van der Waals surface area contributed by atoms with E-state index in [0.29, 0.717) is 22.1 Å². The van der Waals surface area contributed by atoms with Crippen LogP contribution in [0.2, 0.25) is 0 Å². The molecule has 5 rings (SSSR count). The van der Waals surface area contributed by atoms with Crippen molar-refractivity contribution in [3.8, 4) is 11.4 Å². The maximum atomic E-state index is 13.1. The monoisotopic (exact) mass is 491 g/mol. The first-order valence-corrected chi connectivity index (χ1v) is 11.3. The first kappa shape index (κ1) is 23.4. The fourth-order valence-electron chi connectivity index (χ4n) is 3.86. The average Bonchev–Trinajstić information content (AvgIpc) is 3.36. The van der Waals surface area contributed by atoms with Crippen LogP contribution in [0.3, 0.4) is 0 Å². The molecule has 5 aromatic rings. The molecule has 1 amide bonds. The maximum absolute atomic E-state index is 13.1. The van der Waals surface area contributed by atoms with E-state index in [1.54, 1.807) is 60.7 Å². The molecule has 0 bridgehead atoms. The van der Waals surface area contributed by atoms with Gasteiger partial charge in [-0.3, -0.25) is 4.79 Å². The first-order chi connectivity index (χ1) is 18.1. The summed E-state index contributed by atoms with van der Waals surface area (Å²) in [6, 6.07) is 26.8. The summed E-state index contributed by atoms with van der Waals surface area (Å²) in [7, 11) is 1.26. The number of phenols is 1. The zero-order valence-corrected chi connectivity index (χ0v) is 19.7. The van der Waals surface area contributed by atoms with Gasteiger partial charge < -0.3 is 15.2 Å². The SMILES string of the molecule is COC(=O)c1cnn(-c2ccccc2)c1N=Nc1c(O)c(C(=O)Nc2ccccc2)cc2ccccc12. The van der Waals surface area contributed by atoms with E-state index in [9.17, 15) is 14.7 Å². The molecule has 0 saturated heterocycles. The highest BCUT2D eigenvalue weighted by atomic mass is 16.5. The van der Waals surface area contributed by atoms with Crippen LogP contribution in [0.5, 0.6) is 5.75 Å². The summed E-state index contributed by atoms with van der Waals surface area (Å²) in [5.41, 5.74) is 1.43. The summed E-state index contributed by atoms with van der Waals surface area (Å²) in [6.07, 6.45) is 1.34. The molecule has 0 aliphatic heterocycles. The summed E-state index contributed by atoms with van der Waals surface area (Å²) in [4.78, 5) is 25.5. The molecule has 9 nitrogen and oxygen atoms in total. The number of anilines is 1. The van der Waals surface area contributed by atoms with E-state index in [1.165, 1.54) is 18.0 Å². The molecule has 182 valence electrons. The van der Waals surface area contributed by atoms with Gasteiger partial charge in [0, 0.05) is 11.1 Å². The first-order valence-electron chi connectivity index (χ1n) is 11.3. The van der Waals surface area contributed by atoms with E-state index in [0.717, 1.165) is 0 Å². The molecule has 0 radical (unpaired) electrons. The topological polar surface area (TPSA) is 118 Å². The van der Waals surface area contributed by atoms with Crippen LogP contribution in [-0.4, -0.2) is 33.9 Å². The zero-order valence-electron chi connectivity index (χ0n) is 19.7. The Morgan fingerprint density at radius 3 is 2.30 bits per heavy atom. The second-order valence-electron chi connectivity index (χ2n) is 7.98. The lowest BCUT2D eigenvalue weighted by atomic mass is 10.0. The predicted octanol–water partition coefficient (Wildman–Crippen LogP) is 6.19. The fourth-order valence-corrected chi connectivity index (χ4v) is 3.86. The lowest BCUT2D eigenvalue weighted by Gasteiger charge is -2.11. The minimum absolute atomic E-state index is 0.0289. The zero-order chi connectivity index (χ0) is 25.8. The number of methoxy groups -OCH3 is 1. The van der Waals surface area contributed by atoms with Crippen molar-refractivity contribution in [2.75, 3.05) is 12.4 Å². The highest BCUT2D eigenvalue weighted by molar-refractivity contribution is 6.11. The van der Waals surface area contributed by atoms with E-state index >= 15 is 0 Å². The number of carbonyl (C=O) groups excluding carboxylic acids is 2. The Hall–Kier alpha value is -5.31. The number of aromatic hydroxyl groups is 1. The Balaban J connectivity index is 1.63. The molecule has 37 heavy (non-hydrogen) atoms. The van der Waals surface area contributed by atoms with E-state index < -0.39 is 11.9 Å². The number of phenolic OH excluding ortho intramolecular Hbond substituents is 1. The molecule has 0 spiro atoms. The van der Waals surface area contributed by atoms with Gasteiger partial charge in [0.15, 0.2) is 11.6 Å². The Morgan fingerprint density at radius 1 is 0.892 bits per heavy atom. The molecule has 2 N–H and O–H groups in total. The molecular weight excluding hydrogens is 470 g/mol. The third kappa shape index (κ3) is 4.65. The lowest BCUT2D eigenvalue weighted by Crippen LogP contribution is -2.12. The van der Waals surface area contributed by atoms with Crippen LogP contribution in [-0.2, 0) is 4.74 Å². The molecule has 0 fully saturated rings. The second kappa shape index (κ2) is 10.1. The van der Waals surface area contributed by atoms with Gasteiger partial charge in [0.25, 0.3) is 5.91 Å². The van der Waals surface area contributed by atoms with Gasteiger partial charge in [-0.1, -0.05) is 60.7 Å². The van der Waals surface area contributed by atoms with Crippen molar-refractivity contribution in [3.05, 3.63) is 108 Å². The number of hydrogen-bond donors (Lipinski definition) is 2. The molecule has 0 unspecified atom stereocenters. The molecule has 0 aliphatic carbocycles. The van der Waals surface area contributed by atoms with E-state index in [4.69, 9.17) is 4.74 Å². The number of esters is 1. The van der Waals surface area contributed by atoms with Crippen LogP contribution in [0.4, 0.5) is 17.2 Å². The smallest absolute Gasteiger partial charge is 0.343 e. The predicted molar refractivity (Wildman–Crippen MR) is 139 cm³/mol. The molecular formula is C28H21N5O4. The average molecular weight is 492 g/mol. The molecule has 0 aliphatic rings. The van der Waals surface area contributed by atoms with E-state index in [2.05, 4.69) is 20.6 Å². The number of para-hydroxylation sites is 2. The summed E-state index contributed by atoms with van der Waals surface area (Å²) < 4.78 is 6.33. The van der Waals surface area contributed by atoms with Gasteiger partial charge in [0.2, 0.25) is 0 Å². The number of carbonyl (C=O) groups is 2. The van der Waals surface area contributed by atoms with Crippen molar-refractivity contribution in [1.29, 1.82) is 0 Å². The second-order valence-corrected chi connectivity index (χ2v) is 7.98. The summed E-state index contributed by atoms with van der Waals surface area (Å²) >= 11 is 0. The number of aromatic nitrogens is 2. The Kier molecular flexibility index (Phi) is 6.41. The number of nitrogens with zero attached hydrogens (tertiary/aromatic N) is 4. The van der Waals surface area contributed by atoms with E-state index in [1.807, 2.05) is 30.3 Å². The molecule has 1 heterocycles. The third-order valence-electron chi connectivity index (χ3n) is 5.67. The Labute approximate surface area is 211 Å². The Morgan fingerprint density at radius 2 is 1.57 bits per heavy atom. The summed E-state index contributed by atoms with van der Waals surface area (Å²) in [6.45, 7) is 0. The Bertz CT molecular complexity index is 1630. The van der Waals surface area contributed by atoms with Crippen molar-refractivity contribution >= 4 is 39.8 Å². The highest BCUT2D eigenvalue weighted by Crippen LogP contribution is 2.40. The number of ether oxygens (including phenoxy) is 1. The lowest BCUT2D eigenvalue weighted by molar-refractivity contribution is 0.0601. The van der Waals surface area contributed by atoms with Gasteiger partial charge in [-0.15, -0.1) is 10.2 Å². The normalized spacial score (nSPS) is 11.1. The van der Waals surface area contributed by atoms with Gasteiger partial charge in [-0.2, -0.15) is 5.10 Å². The van der Waals surface area contributed by atoms with Crippen molar-refractivity contribution in [3.63, 3.8) is 0 Å². The van der Waals surface area contributed by atoms with E-state index in [-0.39, 0.29) is 28.4 Å². The van der Waals surface area contributed by atoms with Crippen LogP contribution >= 0.6 is 0 Å². The third-order valence-corrected chi connectivity index (χ3v) is 5.67. The standard InChI is InChI=1S/C28H21N5O4/c1-37-28(36)23-17-29-33(20-13-6-3-7-14-20)26(23)32-31-24-21-15-9-8-10-18(21)16-22(25(24)34)27(35)30-19-11-4-2-5-12-19/h2-17,34H,1H3,(H,30,35). The quantitative estimate of drug-likeness (QED) is 0.217. The van der Waals surface area contributed by atoms with Crippen molar-refractivity contribution in [2.45, 2.75) is 0 Å². The largest absolute Gasteiger partial charge is 0.505 e. The molecule has 4 aromatic carbocycles. The van der Waals surface area contributed by atoms with Gasteiger partial charge in [0.1, 0.15) is 11.3 Å². The fraction of sp³-hybridized carbons (Fsp3) is 0.0357. The maximum Gasteiger partial charge on any atom is 0.343 e. The van der Waals surface area contributed by atoms with Crippen LogP contribution in [0.25, 0.3) is 16.5 Å². The van der Waals surface area contributed by atoms with Gasteiger partial charge in [-0.25, -0.2) is 9.48 Å². The minimum atomic E-state index is -0.638. The number of azo groups is 1.